The number of hydrogen-bond donors (Lipinski definition) is 1. The summed E-state index contributed by atoms with van der Waals surface area (Å²) in [6, 6.07) is 9.26. The van der Waals surface area contributed by atoms with Crippen molar-refractivity contribution in [2.75, 3.05) is 19.7 Å². The van der Waals surface area contributed by atoms with Gasteiger partial charge in [0.15, 0.2) is 0 Å². The first-order chi connectivity index (χ1) is 16.4. The van der Waals surface area contributed by atoms with Crippen molar-refractivity contribution in [3.8, 4) is 5.75 Å². The van der Waals surface area contributed by atoms with E-state index in [-0.39, 0.29) is 35.0 Å². The predicted octanol–water partition coefficient (Wildman–Crippen LogP) is 5.25. The van der Waals surface area contributed by atoms with E-state index in [1.807, 2.05) is 45.9 Å². The number of nitrogens with one attached hydrogen (secondary N) is 1. The Labute approximate surface area is 212 Å². The highest BCUT2D eigenvalue weighted by atomic mass is 35.5. The summed E-state index contributed by atoms with van der Waals surface area (Å²) in [5.41, 5.74) is 1.66. The molecule has 192 valence electrons. The fraction of sp³-hybridized carbons (Fsp3) is 0.500. The Morgan fingerprint density at radius 3 is 2.51 bits per heavy atom. The average molecular weight is 525 g/mol. The van der Waals surface area contributed by atoms with Crippen LogP contribution in [0, 0.1) is 25.1 Å². The van der Waals surface area contributed by atoms with Crippen molar-refractivity contribution in [3.05, 3.63) is 58.4 Å². The molecular weight excluding hydrogens is 491 g/mol. The lowest BCUT2D eigenvalue weighted by Crippen LogP contribution is -2.49. The Morgan fingerprint density at radius 2 is 1.86 bits per heavy atom. The molecule has 35 heavy (non-hydrogen) atoms. The second kappa shape index (κ2) is 11.3. The molecule has 1 N–H and O–H groups in total. The topological polar surface area (TPSA) is 75.7 Å². The fourth-order valence-electron chi connectivity index (χ4n) is 4.12. The molecule has 1 aliphatic heterocycles. The van der Waals surface area contributed by atoms with E-state index in [2.05, 4.69) is 5.32 Å². The molecule has 1 aliphatic rings. The molecule has 2 aromatic rings. The summed E-state index contributed by atoms with van der Waals surface area (Å²) in [5, 5.41) is 2.95. The normalized spacial score (nSPS) is 15.7. The highest BCUT2D eigenvalue weighted by molar-refractivity contribution is 7.89. The zero-order valence-electron chi connectivity index (χ0n) is 20.7. The highest BCUT2D eigenvalue weighted by Crippen LogP contribution is 2.29. The summed E-state index contributed by atoms with van der Waals surface area (Å²) in [4.78, 5) is 12.8. The summed E-state index contributed by atoms with van der Waals surface area (Å²) >= 11 is 5.97. The number of piperidine rings is 1. The predicted molar refractivity (Wildman–Crippen MR) is 136 cm³/mol. The number of amides is 1. The molecule has 2 aromatic carbocycles. The van der Waals surface area contributed by atoms with Gasteiger partial charge in [-0.15, -0.1) is 0 Å². The van der Waals surface area contributed by atoms with Crippen LogP contribution >= 0.6 is 11.6 Å². The van der Waals surface area contributed by atoms with Crippen molar-refractivity contribution in [2.24, 2.45) is 5.41 Å². The monoisotopic (exact) mass is 524 g/mol. The quantitative estimate of drug-likeness (QED) is 0.454. The molecule has 1 fully saturated rings. The summed E-state index contributed by atoms with van der Waals surface area (Å²) in [6.45, 7) is 8.90. The number of hydrogen-bond acceptors (Lipinski definition) is 4. The summed E-state index contributed by atoms with van der Waals surface area (Å²) in [5.74, 6) is 0.234. The summed E-state index contributed by atoms with van der Waals surface area (Å²) < 4.78 is 46.4. The van der Waals surface area contributed by atoms with Crippen molar-refractivity contribution in [1.29, 1.82) is 0 Å². The van der Waals surface area contributed by atoms with Gasteiger partial charge in [0.25, 0.3) is 0 Å². The van der Waals surface area contributed by atoms with Gasteiger partial charge in [0.2, 0.25) is 15.9 Å². The van der Waals surface area contributed by atoms with Crippen LogP contribution in [0.1, 0.15) is 50.7 Å². The van der Waals surface area contributed by atoms with Crippen molar-refractivity contribution < 1.29 is 22.3 Å². The third kappa shape index (κ3) is 6.96. The molecule has 3 rings (SSSR count). The van der Waals surface area contributed by atoms with Gasteiger partial charge in [-0.1, -0.05) is 37.6 Å². The molecule has 1 saturated heterocycles. The van der Waals surface area contributed by atoms with Crippen LogP contribution in [-0.4, -0.2) is 44.4 Å². The summed E-state index contributed by atoms with van der Waals surface area (Å²) in [6.07, 6.45) is 2.40. The maximum atomic E-state index is 13.3. The van der Waals surface area contributed by atoms with E-state index in [4.69, 9.17) is 16.3 Å². The van der Waals surface area contributed by atoms with Crippen LogP contribution in [0.2, 0.25) is 5.02 Å². The summed E-state index contributed by atoms with van der Waals surface area (Å²) in [7, 11) is -3.83. The molecule has 0 atom stereocenters. The minimum Gasteiger partial charge on any atom is -0.493 e. The Bertz CT molecular complexity index is 1160. The standard InChI is InChI=1S/C26H34ClFN2O4S/c1-18-6-7-19(2)23(16-18)34-15-5-12-26(3,4)25(31)29-21-10-13-30(14-11-21)35(32,33)24-9-8-20(28)17-22(24)27/h6-9,16-17,21H,5,10-15H2,1-4H3,(H,29,31). The van der Waals surface area contributed by atoms with Crippen molar-refractivity contribution in [1.82, 2.24) is 9.62 Å². The SMILES string of the molecule is Cc1ccc(C)c(OCCCC(C)(C)C(=O)NC2CCN(S(=O)(=O)c3ccc(F)cc3Cl)CC2)c1. The highest BCUT2D eigenvalue weighted by Gasteiger charge is 2.34. The number of benzene rings is 2. The zero-order valence-corrected chi connectivity index (χ0v) is 22.3. The number of carbonyl (C=O) groups excluding carboxylic acids is 1. The van der Waals surface area contributed by atoms with E-state index in [9.17, 15) is 17.6 Å². The molecule has 0 bridgehead atoms. The van der Waals surface area contributed by atoms with Crippen LogP contribution in [0.5, 0.6) is 5.75 Å². The van der Waals surface area contributed by atoms with Crippen LogP contribution in [0.25, 0.3) is 0 Å². The second-order valence-corrected chi connectivity index (χ2v) is 12.1. The van der Waals surface area contributed by atoms with Gasteiger partial charge < -0.3 is 10.1 Å². The van der Waals surface area contributed by atoms with E-state index in [1.54, 1.807) is 0 Å². The average Bonchev–Trinajstić information content (AvgIpc) is 2.79. The number of carbonyl (C=O) groups is 1. The zero-order chi connectivity index (χ0) is 25.8. The lowest BCUT2D eigenvalue weighted by molar-refractivity contribution is -0.130. The molecule has 0 unspecified atom stereocenters. The molecule has 0 aliphatic carbocycles. The van der Waals surface area contributed by atoms with Gasteiger partial charge in [0, 0.05) is 24.5 Å². The van der Waals surface area contributed by atoms with Gasteiger partial charge in [-0.05, 0) is 74.9 Å². The van der Waals surface area contributed by atoms with E-state index < -0.39 is 21.3 Å². The number of nitrogens with zero attached hydrogens (tertiary/aromatic N) is 1. The van der Waals surface area contributed by atoms with Crippen LogP contribution in [0.4, 0.5) is 4.39 Å². The smallest absolute Gasteiger partial charge is 0.244 e. The van der Waals surface area contributed by atoms with Gasteiger partial charge in [-0.3, -0.25) is 4.79 Å². The Hall–Kier alpha value is -2.16. The third-order valence-corrected chi connectivity index (χ3v) is 8.84. The first-order valence-corrected chi connectivity index (χ1v) is 13.7. The van der Waals surface area contributed by atoms with E-state index in [1.165, 1.54) is 10.4 Å². The Kier molecular flexibility index (Phi) is 8.83. The Morgan fingerprint density at radius 1 is 1.17 bits per heavy atom. The fourth-order valence-corrected chi connectivity index (χ4v) is 6.09. The van der Waals surface area contributed by atoms with Gasteiger partial charge in [-0.2, -0.15) is 4.31 Å². The first kappa shape index (κ1) is 27.4. The molecule has 9 heteroatoms. The molecule has 0 spiro atoms. The van der Waals surface area contributed by atoms with Crippen molar-refractivity contribution >= 4 is 27.5 Å². The van der Waals surface area contributed by atoms with Crippen molar-refractivity contribution in [3.63, 3.8) is 0 Å². The number of sulfonamides is 1. The second-order valence-electron chi connectivity index (χ2n) is 9.83. The number of halogens is 2. The maximum absolute atomic E-state index is 13.3. The molecular formula is C26H34ClFN2O4S. The lowest BCUT2D eigenvalue weighted by Gasteiger charge is -2.34. The molecule has 0 aromatic heterocycles. The molecule has 0 saturated carbocycles. The minimum absolute atomic E-state index is 0.0490. The largest absolute Gasteiger partial charge is 0.493 e. The van der Waals surface area contributed by atoms with Gasteiger partial charge in [-0.25, -0.2) is 12.8 Å². The van der Waals surface area contributed by atoms with Gasteiger partial charge in [0.05, 0.1) is 11.6 Å². The van der Waals surface area contributed by atoms with Gasteiger partial charge >= 0.3 is 0 Å². The minimum atomic E-state index is -3.83. The maximum Gasteiger partial charge on any atom is 0.244 e. The lowest BCUT2D eigenvalue weighted by atomic mass is 9.86. The molecule has 1 amide bonds. The van der Waals surface area contributed by atoms with Crippen LogP contribution in [0.3, 0.4) is 0 Å². The molecule has 0 radical (unpaired) electrons. The third-order valence-electron chi connectivity index (χ3n) is 6.46. The van der Waals surface area contributed by atoms with Gasteiger partial charge in [0.1, 0.15) is 16.5 Å². The van der Waals surface area contributed by atoms with E-state index in [0.717, 1.165) is 35.4 Å². The van der Waals surface area contributed by atoms with Crippen LogP contribution < -0.4 is 10.1 Å². The van der Waals surface area contributed by atoms with Crippen LogP contribution in [-0.2, 0) is 14.8 Å². The Balaban J connectivity index is 1.47. The van der Waals surface area contributed by atoms with E-state index >= 15 is 0 Å². The van der Waals surface area contributed by atoms with Crippen molar-refractivity contribution in [2.45, 2.75) is 64.3 Å². The van der Waals surface area contributed by atoms with E-state index in [0.29, 0.717) is 25.9 Å². The number of rotatable bonds is 9. The van der Waals surface area contributed by atoms with Crippen LogP contribution in [0.15, 0.2) is 41.3 Å². The first-order valence-electron chi connectivity index (χ1n) is 11.9. The molecule has 6 nitrogen and oxygen atoms in total. The molecule has 1 heterocycles. The number of ether oxygens (including phenoxy) is 1. The number of aryl methyl sites for hydroxylation is 2.